The predicted molar refractivity (Wildman–Crippen MR) is 69.6 cm³/mol. The summed E-state index contributed by atoms with van der Waals surface area (Å²) in [6, 6.07) is 0.296. The van der Waals surface area contributed by atoms with Gasteiger partial charge >= 0.3 is 6.01 Å². The largest absolute Gasteiger partial charge is 0.464 e. The van der Waals surface area contributed by atoms with E-state index in [4.69, 9.17) is 14.2 Å². The van der Waals surface area contributed by atoms with E-state index in [0.717, 1.165) is 0 Å². The highest BCUT2D eigenvalue weighted by Crippen LogP contribution is 2.11. The van der Waals surface area contributed by atoms with E-state index >= 15 is 0 Å². The van der Waals surface area contributed by atoms with E-state index in [1.165, 1.54) is 0 Å². The van der Waals surface area contributed by atoms with Crippen LogP contribution in [0.1, 0.15) is 6.92 Å². The molecule has 106 valence electrons. The van der Waals surface area contributed by atoms with Crippen LogP contribution in [0.3, 0.4) is 0 Å². The third-order valence-electron chi connectivity index (χ3n) is 2.48. The third kappa shape index (κ3) is 4.18. The van der Waals surface area contributed by atoms with Crippen LogP contribution >= 0.6 is 0 Å². The molecular formula is C11H19N5O3. The minimum absolute atomic E-state index is 0.0131. The van der Waals surface area contributed by atoms with Gasteiger partial charge in [-0.2, -0.15) is 15.0 Å². The standard InChI is InChI=1S/C11H19N5O3/c1-3-18-11-15-9(12-2)14-10(16-11)13-6-8-7-17-4-5-19-8/h8H,3-7H2,1-2H3,(H2,12,13,14,15,16). The van der Waals surface area contributed by atoms with Crippen molar-refractivity contribution in [3.05, 3.63) is 0 Å². The Morgan fingerprint density at radius 1 is 1.26 bits per heavy atom. The highest BCUT2D eigenvalue weighted by Gasteiger charge is 2.15. The fourth-order valence-corrected chi connectivity index (χ4v) is 1.60. The Labute approximate surface area is 111 Å². The van der Waals surface area contributed by atoms with Gasteiger partial charge in [-0.3, -0.25) is 0 Å². The lowest BCUT2D eigenvalue weighted by atomic mass is 10.3. The van der Waals surface area contributed by atoms with Gasteiger partial charge in [0.25, 0.3) is 0 Å². The second kappa shape index (κ2) is 7.05. The summed E-state index contributed by atoms with van der Waals surface area (Å²) < 4.78 is 16.1. The molecule has 0 aromatic carbocycles. The lowest BCUT2D eigenvalue weighted by Crippen LogP contribution is -2.34. The van der Waals surface area contributed by atoms with Crippen LogP contribution < -0.4 is 15.4 Å². The number of rotatable bonds is 6. The highest BCUT2D eigenvalue weighted by atomic mass is 16.6. The molecule has 1 fully saturated rings. The van der Waals surface area contributed by atoms with E-state index < -0.39 is 0 Å². The van der Waals surface area contributed by atoms with E-state index in [9.17, 15) is 0 Å². The molecule has 1 aromatic rings. The molecule has 8 nitrogen and oxygen atoms in total. The first-order valence-electron chi connectivity index (χ1n) is 6.31. The average molecular weight is 269 g/mol. The molecule has 1 atom stereocenters. The molecule has 0 spiro atoms. The number of aromatic nitrogens is 3. The first-order valence-corrected chi connectivity index (χ1v) is 6.31. The molecule has 19 heavy (non-hydrogen) atoms. The molecule has 2 rings (SSSR count). The summed E-state index contributed by atoms with van der Waals surface area (Å²) >= 11 is 0. The number of hydrogen-bond acceptors (Lipinski definition) is 8. The van der Waals surface area contributed by atoms with E-state index in [0.29, 0.717) is 50.9 Å². The van der Waals surface area contributed by atoms with E-state index in [1.54, 1.807) is 7.05 Å². The van der Waals surface area contributed by atoms with Gasteiger partial charge in [-0.05, 0) is 6.92 Å². The first kappa shape index (κ1) is 13.8. The van der Waals surface area contributed by atoms with Crippen LogP contribution in [0, 0.1) is 0 Å². The minimum Gasteiger partial charge on any atom is -0.464 e. The van der Waals surface area contributed by atoms with Gasteiger partial charge in [-0.1, -0.05) is 0 Å². The molecule has 1 aliphatic heterocycles. The highest BCUT2D eigenvalue weighted by molar-refractivity contribution is 5.35. The average Bonchev–Trinajstić information content (AvgIpc) is 2.46. The molecule has 0 bridgehead atoms. The Kier molecular flexibility index (Phi) is 5.10. The Bertz CT molecular complexity index is 398. The molecule has 1 aromatic heterocycles. The van der Waals surface area contributed by atoms with Crippen LogP contribution in [0.4, 0.5) is 11.9 Å². The smallest absolute Gasteiger partial charge is 0.323 e. The van der Waals surface area contributed by atoms with Crippen molar-refractivity contribution in [2.24, 2.45) is 0 Å². The fourth-order valence-electron chi connectivity index (χ4n) is 1.60. The molecule has 1 aliphatic rings. The lowest BCUT2D eigenvalue weighted by Gasteiger charge is -2.23. The van der Waals surface area contributed by atoms with Crippen LogP contribution in [0.2, 0.25) is 0 Å². The van der Waals surface area contributed by atoms with E-state index in [-0.39, 0.29) is 6.10 Å². The number of ether oxygens (including phenoxy) is 3. The summed E-state index contributed by atoms with van der Waals surface area (Å²) in [5.74, 6) is 0.915. The lowest BCUT2D eigenvalue weighted by molar-refractivity contribution is -0.0819. The second-order valence-electron chi connectivity index (χ2n) is 3.90. The molecule has 0 aliphatic carbocycles. The normalized spacial score (nSPS) is 18.9. The summed E-state index contributed by atoms with van der Waals surface area (Å²) in [7, 11) is 1.74. The van der Waals surface area contributed by atoms with Gasteiger partial charge in [-0.15, -0.1) is 0 Å². The molecule has 1 saturated heterocycles. The Morgan fingerprint density at radius 3 is 2.79 bits per heavy atom. The van der Waals surface area contributed by atoms with Crippen LogP contribution in [0.15, 0.2) is 0 Å². The van der Waals surface area contributed by atoms with Crippen LogP contribution in [-0.2, 0) is 9.47 Å². The van der Waals surface area contributed by atoms with Gasteiger partial charge < -0.3 is 24.8 Å². The Balaban J connectivity index is 1.95. The van der Waals surface area contributed by atoms with Crippen molar-refractivity contribution in [2.45, 2.75) is 13.0 Å². The molecule has 1 unspecified atom stereocenters. The van der Waals surface area contributed by atoms with Gasteiger partial charge in [0.15, 0.2) is 0 Å². The van der Waals surface area contributed by atoms with Crippen LogP contribution in [-0.4, -0.2) is 61.1 Å². The zero-order chi connectivity index (χ0) is 13.5. The molecule has 2 heterocycles. The van der Waals surface area contributed by atoms with Crippen LogP contribution in [0.5, 0.6) is 6.01 Å². The van der Waals surface area contributed by atoms with Crippen molar-refractivity contribution in [2.75, 3.05) is 50.7 Å². The number of nitrogens with zero attached hydrogens (tertiary/aromatic N) is 3. The summed E-state index contributed by atoms with van der Waals surface area (Å²) in [5, 5.41) is 5.97. The maximum Gasteiger partial charge on any atom is 0.323 e. The number of hydrogen-bond donors (Lipinski definition) is 2. The van der Waals surface area contributed by atoms with Crippen molar-refractivity contribution in [3.63, 3.8) is 0 Å². The van der Waals surface area contributed by atoms with Gasteiger partial charge in [0.1, 0.15) is 0 Å². The quantitative estimate of drug-likeness (QED) is 0.753. The maximum absolute atomic E-state index is 5.53. The molecule has 0 saturated carbocycles. The fraction of sp³-hybridized carbons (Fsp3) is 0.727. The van der Waals surface area contributed by atoms with Gasteiger partial charge in [0, 0.05) is 13.6 Å². The molecule has 2 N–H and O–H groups in total. The van der Waals surface area contributed by atoms with Crippen molar-refractivity contribution >= 4 is 11.9 Å². The zero-order valence-corrected chi connectivity index (χ0v) is 11.2. The maximum atomic E-state index is 5.53. The van der Waals surface area contributed by atoms with Crippen molar-refractivity contribution in [3.8, 4) is 6.01 Å². The summed E-state index contributed by atoms with van der Waals surface area (Å²) in [6.07, 6.45) is 0.0131. The third-order valence-corrected chi connectivity index (χ3v) is 2.48. The van der Waals surface area contributed by atoms with E-state index in [2.05, 4.69) is 25.6 Å². The summed E-state index contributed by atoms with van der Waals surface area (Å²) in [6.45, 7) is 4.82. The van der Waals surface area contributed by atoms with Crippen molar-refractivity contribution in [1.29, 1.82) is 0 Å². The second-order valence-corrected chi connectivity index (χ2v) is 3.90. The topological polar surface area (TPSA) is 90.4 Å². The summed E-state index contributed by atoms with van der Waals surface area (Å²) in [4.78, 5) is 12.4. The SMILES string of the molecule is CCOc1nc(NC)nc(NCC2COCCO2)n1. The van der Waals surface area contributed by atoms with Crippen molar-refractivity contribution < 1.29 is 14.2 Å². The molecule has 0 amide bonds. The van der Waals surface area contributed by atoms with Crippen molar-refractivity contribution in [1.82, 2.24) is 15.0 Å². The molecular weight excluding hydrogens is 250 g/mol. The summed E-state index contributed by atoms with van der Waals surface area (Å²) in [5.41, 5.74) is 0. The predicted octanol–water partition coefficient (Wildman–Crippen LogP) is 0.139. The number of anilines is 2. The first-order chi connectivity index (χ1) is 9.31. The Hall–Kier alpha value is -1.67. The van der Waals surface area contributed by atoms with E-state index in [1.807, 2.05) is 6.92 Å². The zero-order valence-electron chi connectivity index (χ0n) is 11.2. The van der Waals surface area contributed by atoms with Gasteiger partial charge in [0.2, 0.25) is 11.9 Å². The molecule has 0 radical (unpaired) electrons. The van der Waals surface area contributed by atoms with Gasteiger partial charge in [0.05, 0.1) is 32.5 Å². The number of nitrogens with one attached hydrogen (secondary N) is 2. The minimum atomic E-state index is 0.0131. The van der Waals surface area contributed by atoms with Gasteiger partial charge in [-0.25, -0.2) is 0 Å². The monoisotopic (exact) mass is 269 g/mol. The van der Waals surface area contributed by atoms with Crippen LogP contribution in [0.25, 0.3) is 0 Å². The Morgan fingerprint density at radius 2 is 2.11 bits per heavy atom. The molecule has 8 heteroatoms.